The molecule has 0 fully saturated rings. The second-order valence-corrected chi connectivity index (χ2v) is 6.20. The second-order valence-electron chi connectivity index (χ2n) is 6.20. The largest absolute Gasteiger partial charge is 0.357 e. The van der Waals surface area contributed by atoms with E-state index in [2.05, 4.69) is 25.8 Å². The van der Waals surface area contributed by atoms with E-state index in [1.165, 1.54) is 6.07 Å². The van der Waals surface area contributed by atoms with Crippen molar-refractivity contribution >= 4 is 11.6 Å². The molecule has 142 valence electrons. The summed E-state index contributed by atoms with van der Waals surface area (Å²) in [6, 6.07) is 9.67. The van der Waals surface area contributed by atoms with E-state index in [9.17, 15) is 8.78 Å². The first-order valence-corrected chi connectivity index (χ1v) is 8.84. The summed E-state index contributed by atoms with van der Waals surface area (Å²) in [6.45, 7) is 5.50. The summed E-state index contributed by atoms with van der Waals surface area (Å²) in [6.07, 6.45) is 1.89. The van der Waals surface area contributed by atoms with Crippen molar-refractivity contribution in [3.8, 4) is 0 Å². The number of halogens is 2. The molecule has 2 aromatic heterocycles. The van der Waals surface area contributed by atoms with Gasteiger partial charge in [-0.05, 0) is 42.7 Å². The Morgan fingerprint density at radius 3 is 2.78 bits per heavy atom. The van der Waals surface area contributed by atoms with E-state index < -0.39 is 11.6 Å². The molecule has 0 saturated heterocycles. The lowest BCUT2D eigenvalue weighted by Crippen LogP contribution is -2.39. The summed E-state index contributed by atoms with van der Waals surface area (Å²) in [5, 5.41) is 14.7. The molecular weight excluding hydrogens is 350 g/mol. The molecule has 2 heterocycles. The topological polar surface area (TPSA) is 66.6 Å². The smallest absolute Gasteiger partial charge is 0.191 e. The number of rotatable bonds is 6. The van der Waals surface area contributed by atoms with E-state index >= 15 is 0 Å². The summed E-state index contributed by atoms with van der Waals surface area (Å²) in [4.78, 5) is 4.54. The fourth-order valence-corrected chi connectivity index (χ4v) is 2.68. The van der Waals surface area contributed by atoms with Crippen LogP contribution in [0.5, 0.6) is 0 Å². The van der Waals surface area contributed by atoms with Gasteiger partial charge in [0.15, 0.2) is 29.1 Å². The van der Waals surface area contributed by atoms with Gasteiger partial charge in [0.1, 0.15) is 6.54 Å². The van der Waals surface area contributed by atoms with Crippen LogP contribution in [-0.2, 0) is 6.54 Å². The molecule has 0 bridgehead atoms. The lowest BCUT2D eigenvalue weighted by Gasteiger charge is -2.16. The molecule has 6 nitrogen and oxygen atoms in total. The lowest BCUT2D eigenvalue weighted by atomic mass is 10.0. The predicted molar refractivity (Wildman–Crippen MR) is 101 cm³/mol. The summed E-state index contributed by atoms with van der Waals surface area (Å²) >= 11 is 0. The summed E-state index contributed by atoms with van der Waals surface area (Å²) < 4.78 is 28.4. The molecule has 8 heteroatoms. The molecule has 0 amide bonds. The Balaban J connectivity index is 1.66. The number of aliphatic imine (C=N–C) groups is 1. The van der Waals surface area contributed by atoms with E-state index in [4.69, 9.17) is 0 Å². The normalized spacial score (nSPS) is 13.0. The Bertz CT molecular complexity index is 937. The molecule has 1 aromatic carbocycles. The molecule has 0 aliphatic carbocycles. The van der Waals surface area contributed by atoms with Crippen LogP contribution in [0.4, 0.5) is 8.78 Å². The van der Waals surface area contributed by atoms with Gasteiger partial charge in [0.25, 0.3) is 0 Å². The molecule has 0 aliphatic heterocycles. The standard InChI is InChI=1S/C19H22F2N6/c1-3-22-19(23-11-13(2)14-7-8-15(20)16(21)10-14)24-12-18-26-25-17-6-4-5-9-27(17)18/h4-10,13H,3,11-12H2,1-2H3,(H2,22,23,24). The maximum Gasteiger partial charge on any atom is 0.191 e. The van der Waals surface area contributed by atoms with Gasteiger partial charge in [-0.15, -0.1) is 10.2 Å². The minimum Gasteiger partial charge on any atom is -0.357 e. The van der Waals surface area contributed by atoms with Gasteiger partial charge in [-0.3, -0.25) is 4.40 Å². The number of pyridine rings is 1. The highest BCUT2D eigenvalue weighted by Crippen LogP contribution is 2.17. The Morgan fingerprint density at radius 1 is 1.15 bits per heavy atom. The third kappa shape index (κ3) is 4.58. The number of aromatic nitrogens is 3. The number of nitrogens with zero attached hydrogens (tertiary/aromatic N) is 4. The first-order valence-electron chi connectivity index (χ1n) is 8.84. The van der Waals surface area contributed by atoms with E-state index in [0.29, 0.717) is 25.6 Å². The number of benzene rings is 1. The van der Waals surface area contributed by atoms with E-state index in [1.807, 2.05) is 42.6 Å². The summed E-state index contributed by atoms with van der Waals surface area (Å²) in [7, 11) is 0. The molecule has 0 aliphatic rings. The van der Waals surface area contributed by atoms with E-state index in [-0.39, 0.29) is 5.92 Å². The number of nitrogens with one attached hydrogen (secondary N) is 2. The maximum atomic E-state index is 13.4. The summed E-state index contributed by atoms with van der Waals surface area (Å²) in [5.74, 6) is -0.332. The van der Waals surface area contributed by atoms with Gasteiger partial charge >= 0.3 is 0 Å². The predicted octanol–water partition coefficient (Wildman–Crippen LogP) is 2.87. The minimum absolute atomic E-state index is 0.0159. The average molecular weight is 372 g/mol. The molecule has 27 heavy (non-hydrogen) atoms. The molecule has 0 radical (unpaired) electrons. The van der Waals surface area contributed by atoms with Gasteiger partial charge in [-0.25, -0.2) is 13.8 Å². The van der Waals surface area contributed by atoms with Crippen molar-refractivity contribution in [1.29, 1.82) is 0 Å². The first-order chi connectivity index (χ1) is 13.1. The third-order valence-corrected chi connectivity index (χ3v) is 4.20. The van der Waals surface area contributed by atoms with Crippen molar-refractivity contribution in [1.82, 2.24) is 25.2 Å². The van der Waals surface area contributed by atoms with E-state index in [0.717, 1.165) is 23.1 Å². The molecule has 0 saturated carbocycles. The Labute approximate surface area is 156 Å². The number of fused-ring (bicyclic) bond motifs is 1. The van der Waals surface area contributed by atoms with Crippen molar-refractivity contribution in [2.45, 2.75) is 26.3 Å². The van der Waals surface area contributed by atoms with Crippen molar-refractivity contribution in [3.63, 3.8) is 0 Å². The second kappa shape index (κ2) is 8.57. The van der Waals surface area contributed by atoms with Crippen LogP contribution < -0.4 is 10.6 Å². The van der Waals surface area contributed by atoms with Crippen LogP contribution in [-0.4, -0.2) is 33.6 Å². The number of hydrogen-bond donors (Lipinski definition) is 2. The van der Waals surface area contributed by atoms with Crippen LogP contribution in [0.15, 0.2) is 47.6 Å². The van der Waals surface area contributed by atoms with Crippen molar-refractivity contribution in [3.05, 3.63) is 65.6 Å². The highest BCUT2D eigenvalue weighted by Gasteiger charge is 2.10. The Hall–Kier alpha value is -3.03. The maximum absolute atomic E-state index is 13.4. The van der Waals surface area contributed by atoms with Crippen LogP contribution in [0.3, 0.4) is 0 Å². The van der Waals surface area contributed by atoms with Crippen LogP contribution >= 0.6 is 0 Å². The highest BCUT2D eigenvalue weighted by molar-refractivity contribution is 5.79. The fourth-order valence-electron chi connectivity index (χ4n) is 2.68. The zero-order chi connectivity index (χ0) is 19.2. The van der Waals surface area contributed by atoms with Gasteiger partial charge in [0.2, 0.25) is 0 Å². The molecular formula is C19H22F2N6. The fraction of sp³-hybridized carbons (Fsp3) is 0.316. The van der Waals surface area contributed by atoms with Crippen molar-refractivity contribution < 1.29 is 8.78 Å². The summed E-state index contributed by atoms with van der Waals surface area (Å²) in [5.41, 5.74) is 1.49. The SMILES string of the molecule is CCNC(=NCc1nnc2ccccn12)NCC(C)c1ccc(F)c(F)c1. The van der Waals surface area contributed by atoms with Crippen molar-refractivity contribution in [2.75, 3.05) is 13.1 Å². The first kappa shape index (κ1) is 18.8. The average Bonchev–Trinajstić information content (AvgIpc) is 3.09. The Kier molecular flexibility index (Phi) is 5.95. The zero-order valence-electron chi connectivity index (χ0n) is 15.3. The third-order valence-electron chi connectivity index (χ3n) is 4.20. The monoisotopic (exact) mass is 372 g/mol. The van der Waals surface area contributed by atoms with Gasteiger partial charge in [-0.1, -0.05) is 19.1 Å². The molecule has 3 rings (SSSR count). The quantitative estimate of drug-likeness (QED) is 0.516. The highest BCUT2D eigenvalue weighted by atomic mass is 19.2. The van der Waals surface area contributed by atoms with Gasteiger partial charge in [0.05, 0.1) is 0 Å². The zero-order valence-corrected chi connectivity index (χ0v) is 15.3. The van der Waals surface area contributed by atoms with Crippen LogP contribution in [0.25, 0.3) is 5.65 Å². The van der Waals surface area contributed by atoms with Gasteiger partial charge < -0.3 is 10.6 Å². The molecule has 0 spiro atoms. The van der Waals surface area contributed by atoms with Crippen molar-refractivity contribution in [2.24, 2.45) is 4.99 Å². The van der Waals surface area contributed by atoms with Crippen LogP contribution in [0.1, 0.15) is 31.2 Å². The Morgan fingerprint density at radius 2 is 2.00 bits per heavy atom. The molecule has 1 unspecified atom stereocenters. The molecule has 1 atom stereocenters. The van der Waals surface area contributed by atoms with Crippen LogP contribution in [0.2, 0.25) is 0 Å². The van der Waals surface area contributed by atoms with Crippen LogP contribution in [0, 0.1) is 11.6 Å². The van der Waals surface area contributed by atoms with E-state index in [1.54, 1.807) is 6.07 Å². The lowest BCUT2D eigenvalue weighted by molar-refractivity contribution is 0.505. The molecule has 3 aromatic rings. The number of hydrogen-bond acceptors (Lipinski definition) is 3. The van der Waals surface area contributed by atoms with Gasteiger partial charge in [-0.2, -0.15) is 0 Å². The molecule has 2 N–H and O–H groups in total. The minimum atomic E-state index is -0.839. The van der Waals surface area contributed by atoms with Gasteiger partial charge in [0, 0.05) is 19.3 Å². The number of guanidine groups is 1.